The molecule has 1 N–H and O–H groups in total. The summed E-state index contributed by atoms with van der Waals surface area (Å²) in [5, 5.41) is 4.60. The van der Waals surface area contributed by atoms with Crippen molar-refractivity contribution < 1.29 is 4.74 Å². The molecule has 1 aliphatic heterocycles. The summed E-state index contributed by atoms with van der Waals surface area (Å²) in [5.74, 6) is 1.19. The minimum absolute atomic E-state index is 0.394. The molecule has 1 aromatic heterocycles. The van der Waals surface area contributed by atoms with Crippen LogP contribution in [0.1, 0.15) is 30.8 Å². The first-order valence-electron chi connectivity index (χ1n) is 7.57. The number of ether oxygens (including phenoxy) is 1. The number of nitrogens with zero attached hydrogens (tertiary/aromatic N) is 2. The molecule has 0 bridgehead atoms. The first-order valence-corrected chi connectivity index (χ1v) is 9.37. The van der Waals surface area contributed by atoms with Gasteiger partial charge in [0.1, 0.15) is 0 Å². The van der Waals surface area contributed by atoms with Gasteiger partial charge in [0.25, 0.3) is 0 Å². The van der Waals surface area contributed by atoms with Crippen molar-refractivity contribution in [1.82, 2.24) is 10.3 Å². The van der Waals surface area contributed by atoms with E-state index < -0.39 is 0 Å². The van der Waals surface area contributed by atoms with Crippen LogP contribution in [0.15, 0.2) is 0 Å². The maximum absolute atomic E-state index is 5.06. The second-order valence-electron chi connectivity index (χ2n) is 6.02. The SMILES string of the molecule is COCCNCc1sc(N2CCSC(C)(C)CC2)nc1C. The summed E-state index contributed by atoms with van der Waals surface area (Å²) in [4.78, 5) is 8.59. The van der Waals surface area contributed by atoms with Crippen LogP contribution in [0, 0.1) is 6.92 Å². The van der Waals surface area contributed by atoms with Gasteiger partial charge in [-0.05, 0) is 13.3 Å². The molecule has 0 atom stereocenters. The quantitative estimate of drug-likeness (QED) is 0.812. The normalized spacial score (nSPS) is 18.8. The molecule has 21 heavy (non-hydrogen) atoms. The molecule has 0 unspecified atom stereocenters. The number of methoxy groups -OCH3 is 1. The zero-order valence-corrected chi connectivity index (χ0v) is 15.2. The number of nitrogens with one attached hydrogen (secondary N) is 1. The third-order valence-corrected chi connectivity index (χ3v) is 6.35. The summed E-state index contributed by atoms with van der Waals surface area (Å²) >= 11 is 3.91. The van der Waals surface area contributed by atoms with Crippen molar-refractivity contribution in [3.8, 4) is 0 Å². The van der Waals surface area contributed by atoms with E-state index in [2.05, 4.69) is 42.7 Å². The first-order chi connectivity index (χ1) is 10.0. The number of aromatic nitrogens is 1. The van der Waals surface area contributed by atoms with Gasteiger partial charge in [0, 0.05) is 48.7 Å². The van der Waals surface area contributed by atoms with Crippen LogP contribution >= 0.6 is 23.1 Å². The number of aryl methyl sites for hydroxylation is 1. The third kappa shape index (κ3) is 5.13. The largest absolute Gasteiger partial charge is 0.383 e. The van der Waals surface area contributed by atoms with Gasteiger partial charge in [-0.3, -0.25) is 0 Å². The molecule has 2 rings (SSSR count). The fourth-order valence-corrected chi connectivity index (χ4v) is 4.48. The maximum atomic E-state index is 5.06. The fraction of sp³-hybridized carbons (Fsp3) is 0.800. The van der Waals surface area contributed by atoms with Crippen molar-refractivity contribution >= 4 is 28.2 Å². The van der Waals surface area contributed by atoms with Crippen LogP contribution in [0.25, 0.3) is 0 Å². The Balaban J connectivity index is 1.94. The molecule has 1 aromatic rings. The summed E-state index contributed by atoms with van der Waals surface area (Å²) in [6.45, 7) is 11.6. The molecule has 0 aromatic carbocycles. The predicted octanol–water partition coefficient (Wildman–Crippen LogP) is 2.91. The van der Waals surface area contributed by atoms with Crippen molar-refractivity contribution in [2.75, 3.05) is 44.0 Å². The molecule has 1 aliphatic rings. The van der Waals surface area contributed by atoms with Crippen molar-refractivity contribution in [3.05, 3.63) is 10.6 Å². The predicted molar refractivity (Wildman–Crippen MR) is 93.8 cm³/mol. The van der Waals surface area contributed by atoms with Crippen molar-refractivity contribution in [2.45, 2.75) is 38.5 Å². The van der Waals surface area contributed by atoms with E-state index in [1.165, 1.54) is 22.2 Å². The molecule has 1 saturated heterocycles. The minimum Gasteiger partial charge on any atom is -0.383 e. The fourth-order valence-electron chi connectivity index (χ4n) is 2.30. The van der Waals surface area contributed by atoms with Gasteiger partial charge in [0.05, 0.1) is 12.3 Å². The van der Waals surface area contributed by atoms with Crippen molar-refractivity contribution in [3.63, 3.8) is 0 Å². The van der Waals surface area contributed by atoms with Crippen LogP contribution in [0.3, 0.4) is 0 Å². The standard InChI is InChI=1S/C15H27N3OS2/c1-12-13(11-16-6-9-19-4)21-14(17-12)18-7-5-15(2,3)20-10-8-18/h16H,5-11H2,1-4H3. The van der Waals surface area contributed by atoms with Gasteiger partial charge in [-0.2, -0.15) is 11.8 Å². The van der Waals surface area contributed by atoms with Gasteiger partial charge >= 0.3 is 0 Å². The molecule has 1 fully saturated rings. The third-order valence-electron chi connectivity index (χ3n) is 3.76. The average molecular weight is 330 g/mol. The number of rotatable bonds is 6. The van der Waals surface area contributed by atoms with E-state index in [4.69, 9.17) is 9.72 Å². The number of hydrogen-bond donors (Lipinski definition) is 1. The van der Waals surface area contributed by atoms with Gasteiger partial charge in [0.2, 0.25) is 0 Å². The smallest absolute Gasteiger partial charge is 0.185 e. The Kier molecular flexibility index (Phi) is 6.34. The van der Waals surface area contributed by atoms with Crippen LogP contribution in [0.5, 0.6) is 0 Å². The van der Waals surface area contributed by atoms with Gasteiger partial charge < -0.3 is 15.0 Å². The van der Waals surface area contributed by atoms with Crippen LogP contribution in [0.4, 0.5) is 5.13 Å². The molecular weight excluding hydrogens is 302 g/mol. The van der Waals surface area contributed by atoms with E-state index in [0.717, 1.165) is 38.5 Å². The molecule has 0 saturated carbocycles. The monoisotopic (exact) mass is 329 g/mol. The Bertz CT molecular complexity index is 448. The zero-order valence-electron chi connectivity index (χ0n) is 13.6. The molecule has 0 aliphatic carbocycles. The zero-order chi connectivity index (χ0) is 15.3. The Morgan fingerprint density at radius 2 is 2.19 bits per heavy atom. The topological polar surface area (TPSA) is 37.4 Å². The van der Waals surface area contributed by atoms with E-state index >= 15 is 0 Å². The summed E-state index contributed by atoms with van der Waals surface area (Å²) < 4.78 is 5.45. The first kappa shape index (κ1) is 17.1. The van der Waals surface area contributed by atoms with E-state index in [9.17, 15) is 0 Å². The van der Waals surface area contributed by atoms with Crippen molar-refractivity contribution in [1.29, 1.82) is 0 Å². The summed E-state index contributed by atoms with van der Waals surface area (Å²) in [6, 6.07) is 0. The van der Waals surface area contributed by atoms with E-state index in [0.29, 0.717) is 4.75 Å². The summed E-state index contributed by atoms with van der Waals surface area (Å²) in [5.41, 5.74) is 1.16. The number of thioether (sulfide) groups is 1. The molecule has 6 heteroatoms. The Labute approximate surface area is 136 Å². The van der Waals surface area contributed by atoms with Crippen LogP contribution < -0.4 is 10.2 Å². The molecular formula is C15H27N3OS2. The lowest BCUT2D eigenvalue weighted by atomic mass is 10.1. The lowest BCUT2D eigenvalue weighted by molar-refractivity contribution is 0.199. The van der Waals surface area contributed by atoms with E-state index in [1.54, 1.807) is 7.11 Å². The summed E-state index contributed by atoms with van der Waals surface area (Å²) in [7, 11) is 1.73. The van der Waals surface area contributed by atoms with Crippen LogP contribution in [-0.2, 0) is 11.3 Å². The molecule has 0 spiro atoms. The lowest BCUT2D eigenvalue weighted by Gasteiger charge is -2.22. The average Bonchev–Trinajstić information content (AvgIpc) is 2.69. The highest BCUT2D eigenvalue weighted by Crippen LogP contribution is 2.34. The van der Waals surface area contributed by atoms with Crippen molar-refractivity contribution in [2.24, 2.45) is 0 Å². The van der Waals surface area contributed by atoms with Gasteiger partial charge in [-0.15, -0.1) is 11.3 Å². The summed E-state index contributed by atoms with van der Waals surface area (Å²) in [6.07, 6.45) is 1.22. The van der Waals surface area contributed by atoms with E-state index in [-0.39, 0.29) is 0 Å². The number of hydrogen-bond acceptors (Lipinski definition) is 6. The van der Waals surface area contributed by atoms with E-state index in [1.807, 2.05) is 11.3 Å². The highest BCUT2D eigenvalue weighted by Gasteiger charge is 2.25. The second kappa shape index (κ2) is 7.81. The van der Waals surface area contributed by atoms with Gasteiger partial charge in [-0.25, -0.2) is 4.98 Å². The van der Waals surface area contributed by atoms with Gasteiger partial charge in [0.15, 0.2) is 5.13 Å². The molecule has 0 radical (unpaired) electrons. The number of thiazole rings is 1. The Morgan fingerprint density at radius 1 is 1.38 bits per heavy atom. The van der Waals surface area contributed by atoms with Crippen LogP contribution in [0.2, 0.25) is 0 Å². The maximum Gasteiger partial charge on any atom is 0.185 e. The number of anilines is 1. The van der Waals surface area contributed by atoms with Gasteiger partial charge in [-0.1, -0.05) is 13.8 Å². The highest BCUT2D eigenvalue weighted by atomic mass is 32.2. The van der Waals surface area contributed by atoms with Crippen LogP contribution in [-0.4, -0.2) is 48.8 Å². The molecule has 2 heterocycles. The molecule has 120 valence electrons. The Hall–Kier alpha value is -0.300. The molecule has 0 amide bonds. The highest BCUT2D eigenvalue weighted by molar-refractivity contribution is 8.00. The lowest BCUT2D eigenvalue weighted by Crippen LogP contribution is -2.26. The Morgan fingerprint density at radius 3 is 2.95 bits per heavy atom. The molecule has 4 nitrogen and oxygen atoms in total. The minimum atomic E-state index is 0.394. The second-order valence-corrected chi connectivity index (χ2v) is 8.88.